The average Bonchev–Trinajstić information content (AvgIpc) is 3.35. The van der Waals surface area contributed by atoms with Crippen molar-refractivity contribution >= 4 is 33.9 Å². The highest BCUT2D eigenvalue weighted by molar-refractivity contribution is 7.13. The molecule has 1 amide bonds. The van der Waals surface area contributed by atoms with Crippen LogP contribution in [0.2, 0.25) is 0 Å². The van der Waals surface area contributed by atoms with Crippen LogP contribution in [0.4, 0.5) is 9.52 Å². The maximum absolute atomic E-state index is 13.3. The van der Waals surface area contributed by atoms with E-state index in [9.17, 15) is 19.1 Å². The fourth-order valence-electron chi connectivity index (χ4n) is 3.17. The molecule has 1 atom stereocenters. The van der Waals surface area contributed by atoms with Crippen LogP contribution in [0.1, 0.15) is 17.2 Å². The number of benzene rings is 2. The molecule has 1 fully saturated rings. The van der Waals surface area contributed by atoms with E-state index >= 15 is 0 Å². The SMILES string of the molecule is COc1ccc(C2C(=C(O)c3ccc(F)cc3)C(=O)C(=O)N2c2nncs2)cc1. The van der Waals surface area contributed by atoms with Crippen LogP contribution in [0.5, 0.6) is 5.75 Å². The third-order valence-electron chi connectivity index (χ3n) is 4.55. The molecule has 0 bridgehead atoms. The second-order valence-corrected chi connectivity index (χ2v) is 6.98. The van der Waals surface area contributed by atoms with Crippen molar-refractivity contribution in [1.82, 2.24) is 10.2 Å². The van der Waals surface area contributed by atoms with Gasteiger partial charge in [-0.05, 0) is 42.0 Å². The zero-order valence-electron chi connectivity index (χ0n) is 15.1. The van der Waals surface area contributed by atoms with Gasteiger partial charge >= 0.3 is 5.91 Å². The summed E-state index contributed by atoms with van der Waals surface area (Å²) in [6.07, 6.45) is 0. The van der Waals surface area contributed by atoms with Gasteiger partial charge in [0.05, 0.1) is 18.7 Å². The van der Waals surface area contributed by atoms with E-state index in [0.29, 0.717) is 11.3 Å². The van der Waals surface area contributed by atoms with Crippen molar-refractivity contribution in [3.63, 3.8) is 0 Å². The van der Waals surface area contributed by atoms with Crippen LogP contribution in [-0.4, -0.2) is 34.1 Å². The molecule has 3 aromatic rings. The van der Waals surface area contributed by atoms with Gasteiger partial charge in [0, 0.05) is 5.56 Å². The van der Waals surface area contributed by atoms with Gasteiger partial charge in [-0.2, -0.15) is 0 Å². The highest BCUT2D eigenvalue weighted by atomic mass is 32.1. The number of hydrogen-bond acceptors (Lipinski definition) is 7. The fraction of sp³-hybridized carbons (Fsp3) is 0.100. The number of anilines is 1. The third-order valence-corrected chi connectivity index (χ3v) is 5.24. The van der Waals surface area contributed by atoms with E-state index in [1.807, 2.05) is 0 Å². The Bertz CT molecular complexity index is 1100. The van der Waals surface area contributed by atoms with Crippen molar-refractivity contribution in [3.8, 4) is 5.75 Å². The first-order chi connectivity index (χ1) is 14.0. The molecular formula is C20H14FN3O4S. The van der Waals surface area contributed by atoms with Crippen LogP contribution in [0.3, 0.4) is 0 Å². The highest BCUT2D eigenvalue weighted by Gasteiger charge is 2.48. The lowest BCUT2D eigenvalue weighted by atomic mass is 9.95. The van der Waals surface area contributed by atoms with Crippen LogP contribution < -0.4 is 9.64 Å². The topological polar surface area (TPSA) is 92.6 Å². The Labute approximate surface area is 168 Å². The van der Waals surface area contributed by atoms with E-state index < -0.39 is 29.3 Å². The quantitative estimate of drug-likeness (QED) is 0.402. The number of aliphatic hydroxyl groups is 1. The van der Waals surface area contributed by atoms with Crippen LogP contribution in [0.25, 0.3) is 5.76 Å². The summed E-state index contributed by atoms with van der Waals surface area (Å²) in [7, 11) is 1.52. The van der Waals surface area contributed by atoms with Gasteiger partial charge in [-0.25, -0.2) is 4.39 Å². The molecule has 1 aromatic heterocycles. The van der Waals surface area contributed by atoms with Crippen molar-refractivity contribution in [2.75, 3.05) is 12.0 Å². The molecular weight excluding hydrogens is 397 g/mol. The number of ketones is 1. The van der Waals surface area contributed by atoms with Gasteiger partial charge in [-0.15, -0.1) is 10.2 Å². The van der Waals surface area contributed by atoms with Gasteiger partial charge in [0.2, 0.25) is 5.13 Å². The first-order valence-corrected chi connectivity index (χ1v) is 9.36. The van der Waals surface area contributed by atoms with Gasteiger partial charge in [-0.1, -0.05) is 23.5 Å². The minimum atomic E-state index is -0.918. The molecule has 0 radical (unpaired) electrons. The Morgan fingerprint density at radius 2 is 1.83 bits per heavy atom. The predicted molar refractivity (Wildman–Crippen MR) is 104 cm³/mol. The summed E-state index contributed by atoms with van der Waals surface area (Å²) in [6.45, 7) is 0. The molecule has 7 nitrogen and oxygen atoms in total. The molecule has 1 aliphatic rings. The van der Waals surface area contributed by atoms with Crippen molar-refractivity contribution in [2.24, 2.45) is 0 Å². The van der Waals surface area contributed by atoms with E-state index in [2.05, 4.69) is 10.2 Å². The van der Waals surface area contributed by atoms with Gasteiger partial charge in [0.25, 0.3) is 5.78 Å². The molecule has 29 heavy (non-hydrogen) atoms. The lowest BCUT2D eigenvalue weighted by Crippen LogP contribution is -2.29. The second-order valence-electron chi connectivity index (χ2n) is 6.17. The number of methoxy groups -OCH3 is 1. The number of amides is 1. The fourth-order valence-corrected chi connectivity index (χ4v) is 3.75. The Morgan fingerprint density at radius 3 is 2.41 bits per heavy atom. The van der Waals surface area contributed by atoms with Gasteiger partial charge in [0.15, 0.2) is 0 Å². The van der Waals surface area contributed by atoms with Crippen LogP contribution in [0.15, 0.2) is 59.6 Å². The Morgan fingerprint density at radius 1 is 1.14 bits per heavy atom. The highest BCUT2D eigenvalue weighted by Crippen LogP contribution is 2.42. The Kier molecular flexibility index (Phi) is 4.81. The largest absolute Gasteiger partial charge is 0.507 e. The van der Waals surface area contributed by atoms with E-state index in [0.717, 1.165) is 23.5 Å². The molecule has 2 heterocycles. The number of nitrogens with zero attached hydrogens (tertiary/aromatic N) is 3. The molecule has 2 aromatic carbocycles. The van der Waals surface area contributed by atoms with E-state index in [1.165, 1.54) is 29.7 Å². The van der Waals surface area contributed by atoms with Crippen molar-refractivity contribution < 1.29 is 23.8 Å². The molecule has 1 saturated heterocycles. The number of halogens is 1. The number of carbonyl (C=O) groups excluding carboxylic acids is 2. The Balaban J connectivity index is 1.91. The summed E-state index contributed by atoms with van der Waals surface area (Å²) in [5.74, 6) is -1.96. The number of aliphatic hydroxyl groups excluding tert-OH is 1. The lowest BCUT2D eigenvalue weighted by molar-refractivity contribution is -0.132. The zero-order chi connectivity index (χ0) is 20.5. The maximum atomic E-state index is 13.3. The van der Waals surface area contributed by atoms with Gasteiger partial charge in [0.1, 0.15) is 22.8 Å². The number of Topliss-reactive ketones (excluding diaryl/α,β-unsaturated/α-hetero) is 1. The summed E-state index contributed by atoms with van der Waals surface area (Å²) in [5, 5.41) is 18.7. The monoisotopic (exact) mass is 411 g/mol. The minimum Gasteiger partial charge on any atom is -0.507 e. The first-order valence-electron chi connectivity index (χ1n) is 8.48. The number of aromatic nitrogens is 2. The smallest absolute Gasteiger partial charge is 0.301 e. The number of hydrogen-bond donors (Lipinski definition) is 1. The van der Waals surface area contributed by atoms with Crippen molar-refractivity contribution in [3.05, 3.63) is 76.6 Å². The molecule has 1 aliphatic heterocycles. The lowest BCUT2D eigenvalue weighted by Gasteiger charge is -2.22. The number of rotatable bonds is 4. The minimum absolute atomic E-state index is 0.109. The van der Waals surface area contributed by atoms with Crippen molar-refractivity contribution in [2.45, 2.75) is 6.04 Å². The van der Waals surface area contributed by atoms with Crippen LogP contribution >= 0.6 is 11.3 Å². The third kappa shape index (κ3) is 3.25. The maximum Gasteiger partial charge on any atom is 0.301 e. The first kappa shape index (κ1) is 18.8. The van der Waals surface area contributed by atoms with Gasteiger partial charge < -0.3 is 9.84 Å². The standard InChI is InChI=1S/C20H14FN3O4S/c1-28-14-8-4-11(5-9-14)16-15(17(25)12-2-6-13(21)7-3-12)18(26)19(27)24(16)20-23-22-10-29-20/h2-10,16,25H,1H3. The Hall–Kier alpha value is -3.59. The van der Waals surface area contributed by atoms with Gasteiger partial charge in [-0.3, -0.25) is 14.5 Å². The summed E-state index contributed by atoms with van der Waals surface area (Å²) in [6, 6.07) is 10.9. The number of carbonyl (C=O) groups is 2. The summed E-state index contributed by atoms with van der Waals surface area (Å²) in [4.78, 5) is 26.8. The predicted octanol–water partition coefficient (Wildman–Crippen LogP) is 3.31. The molecule has 9 heteroatoms. The molecule has 146 valence electrons. The van der Waals surface area contributed by atoms with Crippen LogP contribution in [0, 0.1) is 5.82 Å². The van der Waals surface area contributed by atoms with E-state index in [-0.39, 0.29) is 16.3 Å². The van der Waals surface area contributed by atoms with E-state index in [4.69, 9.17) is 4.74 Å². The molecule has 1 N–H and O–H groups in total. The molecule has 4 rings (SSSR count). The molecule has 0 saturated carbocycles. The molecule has 1 unspecified atom stereocenters. The average molecular weight is 411 g/mol. The normalized spacial score (nSPS) is 18.3. The van der Waals surface area contributed by atoms with Crippen LogP contribution in [-0.2, 0) is 9.59 Å². The summed E-state index contributed by atoms with van der Waals surface area (Å²) >= 11 is 1.10. The summed E-state index contributed by atoms with van der Waals surface area (Å²) < 4.78 is 18.4. The number of ether oxygens (including phenoxy) is 1. The van der Waals surface area contributed by atoms with E-state index in [1.54, 1.807) is 24.3 Å². The summed E-state index contributed by atoms with van der Waals surface area (Å²) in [5.41, 5.74) is 2.13. The molecule has 0 spiro atoms. The molecule has 0 aliphatic carbocycles. The second kappa shape index (κ2) is 7.44. The van der Waals surface area contributed by atoms with Crippen molar-refractivity contribution in [1.29, 1.82) is 0 Å². The zero-order valence-corrected chi connectivity index (χ0v) is 15.9.